The second-order valence-corrected chi connectivity index (χ2v) is 9.49. The average molecular weight is 382 g/mol. The van der Waals surface area contributed by atoms with Crippen LogP contribution >= 0.6 is 23.7 Å². The highest BCUT2D eigenvalue weighted by Crippen LogP contribution is 2.45. The summed E-state index contributed by atoms with van der Waals surface area (Å²) < 4.78 is 1.21. The Bertz CT molecular complexity index is 782. The summed E-state index contributed by atoms with van der Waals surface area (Å²) in [6.45, 7) is 8.85. The maximum atomic E-state index is 6.10. The van der Waals surface area contributed by atoms with Gasteiger partial charge in [0.15, 0.2) is 5.82 Å². The smallest absolute Gasteiger partial charge is 0.222 e. The van der Waals surface area contributed by atoms with Crippen LogP contribution in [0.15, 0.2) is 0 Å². The molecule has 25 heavy (non-hydrogen) atoms. The van der Waals surface area contributed by atoms with Gasteiger partial charge in [-0.2, -0.15) is 4.98 Å². The van der Waals surface area contributed by atoms with Crippen molar-refractivity contribution >= 4 is 45.7 Å². The SMILES string of the molecule is CC(C)(C)C1CCc2sc3c(N4CCC(N)C4)nc(N)nc3c2C1.Cl. The van der Waals surface area contributed by atoms with Gasteiger partial charge in [-0.15, -0.1) is 23.7 Å². The van der Waals surface area contributed by atoms with Gasteiger partial charge in [0.05, 0.1) is 10.2 Å². The lowest BCUT2D eigenvalue weighted by Gasteiger charge is -2.33. The van der Waals surface area contributed by atoms with Gasteiger partial charge in [-0.05, 0) is 42.6 Å². The fourth-order valence-electron chi connectivity index (χ4n) is 4.07. The van der Waals surface area contributed by atoms with Crippen molar-refractivity contribution in [2.45, 2.75) is 52.5 Å². The van der Waals surface area contributed by atoms with Crippen LogP contribution in [0.3, 0.4) is 0 Å². The van der Waals surface area contributed by atoms with E-state index in [4.69, 9.17) is 11.5 Å². The third kappa shape index (κ3) is 3.32. The molecular formula is C18H28ClN5S. The van der Waals surface area contributed by atoms with E-state index in [1.165, 1.54) is 21.6 Å². The van der Waals surface area contributed by atoms with E-state index in [0.29, 0.717) is 17.3 Å². The number of rotatable bonds is 1. The number of nitrogens with zero attached hydrogens (tertiary/aromatic N) is 3. The number of aryl methyl sites for hydroxylation is 1. The molecule has 1 aliphatic carbocycles. The highest BCUT2D eigenvalue weighted by atomic mass is 35.5. The van der Waals surface area contributed by atoms with Gasteiger partial charge in [0.1, 0.15) is 0 Å². The molecule has 4 rings (SSSR count). The molecule has 1 saturated heterocycles. The van der Waals surface area contributed by atoms with E-state index in [0.717, 1.165) is 43.7 Å². The van der Waals surface area contributed by atoms with Gasteiger partial charge in [-0.3, -0.25) is 0 Å². The molecule has 2 aliphatic rings. The fraction of sp³-hybridized carbons (Fsp3) is 0.667. The third-order valence-corrected chi connectivity index (χ3v) is 6.91. The maximum Gasteiger partial charge on any atom is 0.222 e. The topological polar surface area (TPSA) is 81.1 Å². The zero-order chi connectivity index (χ0) is 17.1. The minimum atomic E-state index is 0. The second-order valence-electron chi connectivity index (χ2n) is 8.39. The Kier molecular flexibility index (Phi) is 4.90. The summed E-state index contributed by atoms with van der Waals surface area (Å²) in [5, 5.41) is 0. The van der Waals surface area contributed by atoms with Crippen LogP contribution in [0.4, 0.5) is 11.8 Å². The van der Waals surface area contributed by atoms with Gasteiger partial charge in [0.25, 0.3) is 0 Å². The van der Waals surface area contributed by atoms with E-state index in [1.54, 1.807) is 0 Å². The van der Waals surface area contributed by atoms with Gasteiger partial charge < -0.3 is 16.4 Å². The third-order valence-electron chi connectivity index (χ3n) is 5.63. The molecule has 1 aliphatic heterocycles. The fourth-order valence-corrected chi connectivity index (χ4v) is 5.37. The minimum Gasteiger partial charge on any atom is -0.368 e. The van der Waals surface area contributed by atoms with Crippen LogP contribution in [-0.2, 0) is 12.8 Å². The number of fused-ring (bicyclic) bond motifs is 3. The van der Waals surface area contributed by atoms with Crippen LogP contribution < -0.4 is 16.4 Å². The van der Waals surface area contributed by atoms with Crippen molar-refractivity contribution in [2.24, 2.45) is 17.1 Å². The number of nitrogen functional groups attached to an aromatic ring is 1. The average Bonchev–Trinajstić information content (AvgIpc) is 3.09. The lowest BCUT2D eigenvalue weighted by atomic mass is 9.72. The van der Waals surface area contributed by atoms with Crippen molar-refractivity contribution in [1.82, 2.24) is 9.97 Å². The number of halogens is 1. The Morgan fingerprint density at radius 1 is 1.20 bits per heavy atom. The molecule has 2 atom stereocenters. The summed E-state index contributed by atoms with van der Waals surface area (Å²) in [6.07, 6.45) is 4.53. The first-order valence-corrected chi connectivity index (χ1v) is 9.73. The molecule has 1 fully saturated rings. The molecule has 0 amide bonds. The quantitative estimate of drug-likeness (QED) is 0.791. The molecule has 0 saturated carbocycles. The van der Waals surface area contributed by atoms with Crippen LogP contribution in [0.1, 0.15) is 44.1 Å². The van der Waals surface area contributed by atoms with Crippen LogP contribution in [0.5, 0.6) is 0 Å². The Labute approximate surface area is 159 Å². The van der Waals surface area contributed by atoms with Gasteiger partial charge in [0, 0.05) is 24.0 Å². The van der Waals surface area contributed by atoms with E-state index < -0.39 is 0 Å². The van der Waals surface area contributed by atoms with Crippen molar-refractivity contribution in [1.29, 1.82) is 0 Å². The van der Waals surface area contributed by atoms with Crippen molar-refractivity contribution in [3.05, 3.63) is 10.4 Å². The van der Waals surface area contributed by atoms with Crippen LogP contribution in [-0.4, -0.2) is 29.1 Å². The lowest BCUT2D eigenvalue weighted by molar-refractivity contribution is 0.217. The highest BCUT2D eigenvalue weighted by Gasteiger charge is 2.33. The van der Waals surface area contributed by atoms with Crippen LogP contribution in [0.2, 0.25) is 0 Å². The van der Waals surface area contributed by atoms with Gasteiger partial charge >= 0.3 is 0 Å². The number of hydrogen-bond donors (Lipinski definition) is 2. The lowest BCUT2D eigenvalue weighted by Crippen LogP contribution is -2.27. The Morgan fingerprint density at radius 2 is 1.96 bits per heavy atom. The van der Waals surface area contributed by atoms with Gasteiger partial charge in [-0.25, -0.2) is 4.98 Å². The second kappa shape index (κ2) is 6.56. The number of nitrogens with two attached hydrogens (primary N) is 2. The molecule has 0 radical (unpaired) electrons. The van der Waals surface area contributed by atoms with E-state index >= 15 is 0 Å². The summed E-state index contributed by atoms with van der Waals surface area (Å²) in [5.74, 6) is 2.08. The molecule has 4 N–H and O–H groups in total. The van der Waals surface area contributed by atoms with E-state index in [2.05, 4.69) is 35.6 Å². The Hall–Kier alpha value is -1.11. The molecule has 3 heterocycles. The number of hydrogen-bond acceptors (Lipinski definition) is 6. The largest absolute Gasteiger partial charge is 0.368 e. The zero-order valence-corrected chi connectivity index (χ0v) is 16.8. The van der Waals surface area contributed by atoms with E-state index in [1.807, 2.05) is 11.3 Å². The molecule has 0 spiro atoms. The first-order chi connectivity index (χ1) is 11.3. The summed E-state index contributed by atoms with van der Waals surface area (Å²) >= 11 is 1.87. The first kappa shape index (κ1) is 18.7. The summed E-state index contributed by atoms with van der Waals surface area (Å²) in [6, 6.07) is 0.232. The predicted molar refractivity (Wildman–Crippen MR) is 109 cm³/mol. The van der Waals surface area contributed by atoms with Crippen molar-refractivity contribution in [3.63, 3.8) is 0 Å². The first-order valence-electron chi connectivity index (χ1n) is 8.91. The summed E-state index contributed by atoms with van der Waals surface area (Å²) in [5.41, 5.74) is 15.0. The molecule has 0 bridgehead atoms. The predicted octanol–water partition coefficient (Wildman–Crippen LogP) is 3.38. The summed E-state index contributed by atoms with van der Waals surface area (Å²) in [7, 11) is 0. The minimum absolute atomic E-state index is 0. The molecule has 2 unspecified atom stereocenters. The standard InChI is InChI=1S/C18H27N5S.ClH/c1-18(2,3)10-4-5-13-12(8-10)14-15(24-13)16(22-17(20)21-14)23-7-6-11(19)9-23;/h10-11H,4-9,19H2,1-3H3,(H2,20,21,22);1H. The highest BCUT2D eigenvalue weighted by molar-refractivity contribution is 7.19. The van der Waals surface area contributed by atoms with Gasteiger partial charge in [-0.1, -0.05) is 20.8 Å². The molecule has 7 heteroatoms. The number of thiophene rings is 1. The molecule has 2 aromatic heterocycles. The number of anilines is 2. The number of aromatic nitrogens is 2. The van der Waals surface area contributed by atoms with E-state index in [-0.39, 0.29) is 18.4 Å². The molecule has 0 aromatic carbocycles. The van der Waals surface area contributed by atoms with Crippen molar-refractivity contribution in [2.75, 3.05) is 23.7 Å². The molecule has 138 valence electrons. The molecular weight excluding hydrogens is 354 g/mol. The van der Waals surface area contributed by atoms with Crippen molar-refractivity contribution in [3.8, 4) is 0 Å². The monoisotopic (exact) mass is 381 g/mol. The van der Waals surface area contributed by atoms with Gasteiger partial charge in [0.2, 0.25) is 5.95 Å². The normalized spacial score (nSPS) is 23.6. The molecule has 2 aromatic rings. The van der Waals surface area contributed by atoms with E-state index in [9.17, 15) is 0 Å². The van der Waals surface area contributed by atoms with Crippen LogP contribution in [0.25, 0.3) is 10.2 Å². The zero-order valence-electron chi connectivity index (χ0n) is 15.2. The Balaban J connectivity index is 0.00000182. The Morgan fingerprint density at radius 3 is 2.60 bits per heavy atom. The maximum absolute atomic E-state index is 6.10. The van der Waals surface area contributed by atoms with Crippen LogP contribution in [0, 0.1) is 11.3 Å². The summed E-state index contributed by atoms with van der Waals surface area (Å²) in [4.78, 5) is 13.0. The van der Waals surface area contributed by atoms with Crippen molar-refractivity contribution < 1.29 is 0 Å². The molecule has 5 nitrogen and oxygen atoms in total.